The van der Waals surface area contributed by atoms with Gasteiger partial charge < -0.3 is 5.32 Å². The molecule has 0 radical (unpaired) electrons. The van der Waals surface area contributed by atoms with Crippen LogP contribution in [0.3, 0.4) is 0 Å². The molecule has 2 heteroatoms. The Balaban J connectivity index is 1.89. The molecule has 0 amide bonds. The molecule has 0 saturated heterocycles. The predicted octanol–water partition coefficient (Wildman–Crippen LogP) is 3.31. The van der Waals surface area contributed by atoms with Gasteiger partial charge in [0.15, 0.2) is 0 Å². The normalized spacial score (nSPS) is 20.9. The Bertz CT molecular complexity index is 304. The van der Waals surface area contributed by atoms with Crippen molar-refractivity contribution in [2.75, 3.05) is 0 Å². The minimum Gasteiger partial charge on any atom is -0.307 e. The molecule has 1 saturated carbocycles. The molecule has 2 rings (SSSR count). The molecule has 88 valence electrons. The van der Waals surface area contributed by atoms with Crippen molar-refractivity contribution in [1.29, 1.82) is 0 Å². The number of hydrogen-bond acceptors (Lipinski definition) is 2. The maximum atomic E-state index is 4.06. The number of nitrogens with one attached hydrogen (secondary N) is 1. The Hall–Kier alpha value is -0.890. The predicted molar refractivity (Wildman–Crippen MR) is 67.2 cm³/mol. The molecule has 2 atom stereocenters. The molecule has 1 heterocycles. The van der Waals surface area contributed by atoms with E-state index in [2.05, 4.69) is 36.3 Å². The van der Waals surface area contributed by atoms with Gasteiger partial charge >= 0.3 is 0 Å². The molecule has 1 fully saturated rings. The zero-order valence-electron chi connectivity index (χ0n) is 10.3. The molecule has 1 unspecified atom stereocenters. The number of nitrogens with zero attached hydrogens (tertiary/aromatic N) is 1. The van der Waals surface area contributed by atoms with Crippen LogP contribution in [0.2, 0.25) is 0 Å². The summed E-state index contributed by atoms with van der Waals surface area (Å²) >= 11 is 0. The number of rotatable bonds is 4. The molecule has 0 spiro atoms. The first-order valence-corrected chi connectivity index (χ1v) is 6.43. The number of hydrogen-bond donors (Lipinski definition) is 1. The van der Waals surface area contributed by atoms with Crippen molar-refractivity contribution in [2.45, 2.75) is 51.6 Å². The maximum absolute atomic E-state index is 4.06. The minimum absolute atomic E-state index is 0.429. The molecule has 1 aromatic heterocycles. The van der Waals surface area contributed by atoms with Crippen LogP contribution in [0.4, 0.5) is 0 Å². The Morgan fingerprint density at radius 3 is 2.44 bits per heavy atom. The van der Waals surface area contributed by atoms with Gasteiger partial charge in [-0.2, -0.15) is 0 Å². The van der Waals surface area contributed by atoms with Crippen molar-refractivity contribution in [2.24, 2.45) is 5.92 Å². The fraction of sp³-hybridized carbons (Fsp3) is 0.643. The summed E-state index contributed by atoms with van der Waals surface area (Å²) in [6.07, 6.45) is 9.37. The van der Waals surface area contributed by atoms with Crippen molar-refractivity contribution in [1.82, 2.24) is 10.3 Å². The quantitative estimate of drug-likeness (QED) is 0.838. The molecule has 1 aliphatic carbocycles. The lowest BCUT2D eigenvalue weighted by molar-refractivity contribution is 0.352. The van der Waals surface area contributed by atoms with Gasteiger partial charge in [-0.05, 0) is 50.3 Å². The van der Waals surface area contributed by atoms with Crippen LogP contribution >= 0.6 is 0 Å². The molecular weight excluding hydrogens is 196 g/mol. The smallest absolute Gasteiger partial charge is 0.0295 e. The van der Waals surface area contributed by atoms with Crippen LogP contribution in [-0.2, 0) is 0 Å². The van der Waals surface area contributed by atoms with Crippen LogP contribution in [0, 0.1) is 5.92 Å². The lowest BCUT2D eigenvalue weighted by Gasteiger charge is -2.25. The third-order valence-corrected chi connectivity index (χ3v) is 3.83. The number of pyridine rings is 1. The lowest BCUT2D eigenvalue weighted by Crippen LogP contribution is -2.34. The van der Waals surface area contributed by atoms with Gasteiger partial charge in [-0.3, -0.25) is 4.98 Å². The highest BCUT2D eigenvalue weighted by molar-refractivity contribution is 5.14. The van der Waals surface area contributed by atoms with E-state index in [9.17, 15) is 0 Å². The third kappa shape index (κ3) is 2.82. The average Bonchev–Trinajstić information content (AvgIpc) is 2.83. The summed E-state index contributed by atoms with van der Waals surface area (Å²) < 4.78 is 0. The van der Waals surface area contributed by atoms with Gasteiger partial charge in [0.2, 0.25) is 0 Å². The first-order chi connectivity index (χ1) is 7.77. The van der Waals surface area contributed by atoms with Crippen LogP contribution in [0.15, 0.2) is 24.5 Å². The van der Waals surface area contributed by atoms with E-state index in [4.69, 9.17) is 0 Å². The topological polar surface area (TPSA) is 24.9 Å². The molecule has 16 heavy (non-hydrogen) atoms. The van der Waals surface area contributed by atoms with E-state index in [0.29, 0.717) is 12.1 Å². The Labute approximate surface area is 98.5 Å². The van der Waals surface area contributed by atoms with Crippen LogP contribution in [0.1, 0.15) is 51.1 Å². The van der Waals surface area contributed by atoms with E-state index in [1.165, 1.54) is 31.2 Å². The van der Waals surface area contributed by atoms with E-state index in [0.717, 1.165) is 5.92 Å². The second-order valence-corrected chi connectivity index (χ2v) is 5.00. The van der Waals surface area contributed by atoms with E-state index >= 15 is 0 Å². The van der Waals surface area contributed by atoms with Gasteiger partial charge in [-0.15, -0.1) is 0 Å². The molecule has 0 aliphatic heterocycles. The van der Waals surface area contributed by atoms with Gasteiger partial charge in [0.05, 0.1) is 0 Å². The van der Waals surface area contributed by atoms with Gasteiger partial charge in [0.25, 0.3) is 0 Å². The fourth-order valence-electron chi connectivity index (χ4n) is 2.74. The second kappa shape index (κ2) is 5.44. The highest BCUT2D eigenvalue weighted by Gasteiger charge is 2.22. The Morgan fingerprint density at radius 2 is 1.81 bits per heavy atom. The van der Waals surface area contributed by atoms with Crippen molar-refractivity contribution in [3.8, 4) is 0 Å². The molecule has 0 aromatic carbocycles. The zero-order valence-corrected chi connectivity index (χ0v) is 10.3. The van der Waals surface area contributed by atoms with Crippen LogP contribution in [0.25, 0.3) is 0 Å². The standard InChI is InChI=1S/C14H22N2/c1-11(13-5-3-4-6-13)16-12(2)14-7-9-15-10-8-14/h7-13,16H,3-6H2,1-2H3/t11?,12-/m0/s1. The van der Waals surface area contributed by atoms with Gasteiger partial charge in [0, 0.05) is 24.5 Å². The van der Waals surface area contributed by atoms with Crippen molar-refractivity contribution < 1.29 is 0 Å². The van der Waals surface area contributed by atoms with Crippen molar-refractivity contribution >= 4 is 0 Å². The summed E-state index contributed by atoms with van der Waals surface area (Å²) in [6.45, 7) is 4.56. The summed E-state index contributed by atoms with van der Waals surface area (Å²) in [5.74, 6) is 0.879. The molecule has 2 nitrogen and oxygen atoms in total. The van der Waals surface area contributed by atoms with E-state index in [1.807, 2.05) is 12.4 Å². The summed E-state index contributed by atoms with van der Waals surface area (Å²) in [4.78, 5) is 4.06. The minimum atomic E-state index is 0.429. The summed E-state index contributed by atoms with van der Waals surface area (Å²) in [7, 11) is 0. The Kier molecular flexibility index (Phi) is 3.94. The third-order valence-electron chi connectivity index (χ3n) is 3.83. The van der Waals surface area contributed by atoms with Crippen LogP contribution in [-0.4, -0.2) is 11.0 Å². The molecule has 0 bridgehead atoms. The van der Waals surface area contributed by atoms with Crippen LogP contribution < -0.4 is 5.32 Å². The maximum Gasteiger partial charge on any atom is 0.0295 e. The van der Waals surface area contributed by atoms with Crippen molar-refractivity contribution in [3.05, 3.63) is 30.1 Å². The summed E-state index contributed by atoms with van der Waals surface area (Å²) in [5.41, 5.74) is 1.33. The monoisotopic (exact) mass is 218 g/mol. The second-order valence-electron chi connectivity index (χ2n) is 5.00. The Morgan fingerprint density at radius 1 is 1.19 bits per heavy atom. The summed E-state index contributed by atoms with van der Waals surface area (Å²) in [6, 6.07) is 5.25. The molecule has 1 N–H and O–H groups in total. The van der Waals surface area contributed by atoms with Gasteiger partial charge in [0.1, 0.15) is 0 Å². The fourth-order valence-corrected chi connectivity index (χ4v) is 2.74. The highest BCUT2D eigenvalue weighted by atomic mass is 14.9. The van der Waals surface area contributed by atoms with Gasteiger partial charge in [-0.25, -0.2) is 0 Å². The van der Waals surface area contributed by atoms with E-state index in [1.54, 1.807) is 0 Å². The first-order valence-electron chi connectivity index (χ1n) is 6.43. The van der Waals surface area contributed by atoms with E-state index < -0.39 is 0 Å². The molecule has 1 aliphatic rings. The van der Waals surface area contributed by atoms with Gasteiger partial charge in [-0.1, -0.05) is 12.8 Å². The van der Waals surface area contributed by atoms with E-state index in [-0.39, 0.29) is 0 Å². The molecular formula is C14H22N2. The average molecular weight is 218 g/mol. The van der Waals surface area contributed by atoms with Crippen molar-refractivity contribution in [3.63, 3.8) is 0 Å². The zero-order chi connectivity index (χ0) is 11.4. The lowest BCUT2D eigenvalue weighted by atomic mass is 9.98. The SMILES string of the molecule is CC(N[C@@H](C)c1ccncc1)C1CCCC1. The molecule has 1 aromatic rings. The number of aromatic nitrogens is 1. The largest absolute Gasteiger partial charge is 0.307 e. The first kappa shape index (κ1) is 11.6. The van der Waals surface area contributed by atoms with Crippen LogP contribution in [0.5, 0.6) is 0 Å². The highest BCUT2D eigenvalue weighted by Crippen LogP contribution is 2.28. The summed E-state index contributed by atoms with van der Waals surface area (Å²) in [5, 5.41) is 3.71.